The largest absolute Gasteiger partial charge is 0.462 e. The van der Waals surface area contributed by atoms with Crippen LogP contribution in [0.15, 0.2) is 85.1 Å². The maximum absolute atomic E-state index is 12.4. The van der Waals surface area contributed by atoms with E-state index in [1.165, 1.54) is 321 Å². The number of unbranched alkanes of at least 4 members (excludes halogenated alkanes) is 53. The summed E-state index contributed by atoms with van der Waals surface area (Å²) in [6.45, 7) is 4.07. The van der Waals surface area contributed by atoms with E-state index in [1.54, 1.807) is 0 Å². The predicted molar refractivity (Wildman–Crippen MR) is 399 cm³/mol. The van der Waals surface area contributed by atoms with Crippen molar-refractivity contribution in [2.75, 3.05) is 13.2 Å². The minimum atomic E-state index is -0.773. The van der Waals surface area contributed by atoms with E-state index < -0.39 is 6.10 Å². The summed E-state index contributed by atoms with van der Waals surface area (Å²) >= 11 is 0. The highest BCUT2D eigenvalue weighted by Gasteiger charge is 2.16. The van der Waals surface area contributed by atoms with Crippen LogP contribution in [0.3, 0.4) is 0 Å². The van der Waals surface area contributed by atoms with Crippen LogP contribution >= 0.6 is 0 Å². The molecule has 0 radical (unpaired) electrons. The van der Waals surface area contributed by atoms with E-state index in [0.29, 0.717) is 12.8 Å². The number of carbonyl (C=O) groups is 2. The third-order valence-corrected chi connectivity index (χ3v) is 18.2. The highest BCUT2D eigenvalue weighted by Crippen LogP contribution is 2.20. The summed E-state index contributed by atoms with van der Waals surface area (Å²) in [6.07, 6.45) is 114. The van der Waals surface area contributed by atoms with Gasteiger partial charge in [-0.05, 0) is 89.9 Å². The molecule has 524 valence electrons. The zero-order valence-corrected chi connectivity index (χ0v) is 60.4. The molecule has 0 aliphatic rings. The van der Waals surface area contributed by atoms with Gasteiger partial charge < -0.3 is 14.6 Å². The Labute approximate surface area is 562 Å². The number of hydrogen-bond donors (Lipinski definition) is 1. The number of carbonyl (C=O) groups excluding carboxylic acids is 2. The van der Waals surface area contributed by atoms with E-state index in [2.05, 4.69) is 98.9 Å². The standard InChI is InChI=1S/C85H154O5/c1-3-5-7-9-11-13-15-17-19-21-23-25-27-29-31-33-35-37-39-41-42-44-46-48-50-52-54-56-58-60-62-64-66-68-70-72-74-76-78-80-85(88)90-83(81-86)82-89-84(87)79-77-75-73-71-69-67-65-63-61-59-57-55-53-51-49-47-45-43-40-38-36-34-32-30-28-26-24-22-20-18-16-14-12-10-8-6-4-2/h5,7,11,13,16-19,22-25,29,31,83,86H,3-4,6,8-10,12,14-15,20-21,26-28,30,32-82H2,1-2H3/b7-5-,13-11-,18-16-,19-17-,24-22-,25-23-,31-29-. The number of esters is 2. The van der Waals surface area contributed by atoms with Gasteiger partial charge in [0.25, 0.3) is 0 Å². The first-order valence-electron chi connectivity index (χ1n) is 40.1. The number of ether oxygens (including phenoxy) is 2. The molecular weight excluding hydrogens is 1100 g/mol. The maximum atomic E-state index is 12.4. The first-order chi connectivity index (χ1) is 44.6. The minimum Gasteiger partial charge on any atom is -0.462 e. The molecule has 0 bridgehead atoms. The van der Waals surface area contributed by atoms with Crippen molar-refractivity contribution in [1.29, 1.82) is 0 Å². The van der Waals surface area contributed by atoms with E-state index in [-0.39, 0.29) is 25.2 Å². The van der Waals surface area contributed by atoms with Gasteiger partial charge in [-0.1, -0.05) is 407 Å². The first-order valence-corrected chi connectivity index (χ1v) is 40.1. The number of aliphatic hydroxyl groups is 1. The Hall–Kier alpha value is -2.92. The van der Waals surface area contributed by atoms with Crippen molar-refractivity contribution in [2.24, 2.45) is 0 Å². The second-order valence-corrected chi connectivity index (χ2v) is 27.1. The van der Waals surface area contributed by atoms with Gasteiger partial charge in [-0.15, -0.1) is 0 Å². The van der Waals surface area contributed by atoms with Crippen LogP contribution in [-0.2, 0) is 19.1 Å². The van der Waals surface area contributed by atoms with Crippen molar-refractivity contribution in [3.63, 3.8) is 0 Å². The Morgan fingerprint density at radius 2 is 0.478 bits per heavy atom. The first kappa shape index (κ1) is 87.1. The van der Waals surface area contributed by atoms with Crippen LogP contribution in [0.1, 0.15) is 425 Å². The maximum Gasteiger partial charge on any atom is 0.306 e. The fraction of sp³-hybridized carbons (Fsp3) is 0.812. The van der Waals surface area contributed by atoms with E-state index in [1.807, 2.05) is 0 Å². The van der Waals surface area contributed by atoms with Crippen LogP contribution in [0.4, 0.5) is 0 Å². The summed E-state index contributed by atoms with van der Waals surface area (Å²) in [4.78, 5) is 24.7. The number of aliphatic hydroxyl groups excluding tert-OH is 1. The molecule has 1 N–H and O–H groups in total. The van der Waals surface area contributed by atoms with Crippen LogP contribution in [0.2, 0.25) is 0 Å². The molecule has 0 rings (SSSR count). The van der Waals surface area contributed by atoms with Crippen molar-refractivity contribution in [1.82, 2.24) is 0 Å². The monoisotopic (exact) mass is 1260 g/mol. The van der Waals surface area contributed by atoms with Crippen molar-refractivity contribution < 1.29 is 24.2 Å². The van der Waals surface area contributed by atoms with Crippen LogP contribution in [0.25, 0.3) is 0 Å². The molecular formula is C85H154O5. The minimum absolute atomic E-state index is 0.0608. The number of hydrogen-bond acceptors (Lipinski definition) is 5. The molecule has 0 spiro atoms. The molecule has 0 saturated heterocycles. The van der Waals surface area contributed by atoms with E-state index in [9.17, 15) is 14.7 Å². The lowest BCUT2D eigenvalue weighted by Gasteiger charge is -2.15. The third kappa shape index (κ3) is 77.5. The van der Waals surface area contributed by atoms with Crippen LogP contribution in [0, 0.1) is 0 Å². The van der Waals surface area contributed by atoms with Crippen molar-refractivity contribution in [2.45, 2.75) is 431 Å². The molecule has 1 unspecified atom stereocenters. The topological polar surface area (TPSA) is 72.8 Å². The van der Waals surface area contributed by atoms with Crippen LogP contribution < -0.4 is 0 Å². The normalized spacial score (nSPS) is 12.6. The van der Waals surface area contributed by atoms with Gasteiger partial charge in [0.1, 0.15) is 6.61 Å². The number of rotatable bonds is 75. The predicted octanol–water partition coefficient (Wildman–Crippen LogP) is 28.3. The molecule has 0 saturated carbocycles. The van der Waals surface area contributed by atoms with Gasteiger partial charge >= 0.3 is 11.9 Å². The molecule has 5 heteroatoms. The van der Waals surface area contributed by atoms with Gasteiger partial charge in [0.2, 0.25) is 0 Å². The van der Waals surface area contributed by atoms with E-state index in [4.69, 9.17) is 9.47 Å². The molecule has 5 nitrogen and oxygen atoms in total. The summed E-state index contributed by atoms with van der Waals surface area (Å²) in [5.41, 5.74) is 0. The van der Waals surface area contributed by atoms with Crippen LogP contribution in [0.5, 0.6) is 0 Å². The summed E-state index contributed by atoms with van der Waals surface area (Å²) in [6, 6.07) is 0. The fourth-order valence-electron chi connectivity index (χ4n) is 12.2. The van der Waals surface area contributed by atoms with Gasteiger partial charge in [-0.25, -0.2) is 0 Å². The Morgan fingerprint density at radius 1 is 0.267 bits per heavy atom. The molecule has 90 heavy (non-hydrogen) atoms. The Morgan fingerprint density at radius 3 is 0.722 bits per heavy atom. The lowest BCUT2D eigenvalue weighted by Crippen LogP contribution is -2.28. The van der Waals surface area contributed by atoms with Gasteiger partial charge in [0.15, 0.2) is 6.10 Å². The molecule has 0 aromatic carbocycles. The summed E-state index contributed by atoms with van der Waals surface area (Å²) in [5.74, 6) is -0.566. The second-order valence-electron chi connectivity index (χ2n) is 27.1. The zero-order valence-electron chi connectivity index (χ0n) is 60.4. The van der Waals surface area contributed by atoms with Crippen molar-refractivity contribution in [3.05, 3.63) is 85.1 Å². The quantitative estimate of drug-likeness (QED) is 0.0373. The van der Waals surface area contributed by atoms with E-state index >= 15 is 0 Å². The molecule has 1 atom stereocenters. The lowest BCUT2D eigenvalue weighted by molar-refractivity contribution is -0.161. The van der Waals surface area contributed by atoms with Gasteiger partial charge in [-0.3, -0.25) is 9.59 Å². The zero-order chi connectivity index (χ0) is 64.7. The average molecular weight is 1260 g/mol. The molecule has 0 fully saturated rings. The molecule has 0 aliphatic carbocycles. The molecule has 0 aliphatic heterocycles. The molecule has 0 aromatic rings. The lowest BCUT2D eigenvalue weighted by atomic mass is 10.0. The van der Waals surface area contributed by atoms with Crippen LogP contribution in [-0.4, -0.2) is 36.4 Å². The van der Waals surface area contributed by atoms with E-state index in [0.717, 1.165) is 77.0 Å². The summed E-state index contributed by atoms with van der Waals surface area (Å²) < 4.78 is 10.8. The molecule has 0 amide bonds. The summed E-state index contributed by atoms with van der Waals surface area (Å²) in [5, 5.41) is 9.73. The Bertz CT molecular complexity index is 1620. The van der Waals surface area contributed by atoms with Gasteiger partial charge in [-0.2, -0.15) is 0 Å². The SMILES string of the molecule is CC/C=C\C/C=C\C/C=C\C/C=C\C/C=C\CCCCCCCCCCCCCCCCCCCCCCCCCC(=O)OC(CO)COC(=O)CCCCCCCCCCCCCCCCCCCCCCCCCCC/C=C\C/C=C\CCCCCCC. The van der Waals surface area contributed by atoms with Gasteiger partial charge in [0.05, 0.1) is 6.61 Å². The van der Waals surface area contributed by atoms with Gasteiger partial charge in [0, 0.05) is 12.8 Å². The third-order valence-electron chi connectivity index (χ3n) is 18.2. The smallest absolute Gasteiger partial charge is 0.306 e. The highest BCUT2D eigenvalue weighted by atomic mass is 16.6. The number of allylic oxidation sites excluding steroid dienone is 14. The Balaban J connectivity index is 3.38. The highest BCUT2D eigenvalue weighted by molar-refractivity contribution is 5.70. The van der Waals surface area contributed by atoms with Crippen molar-refractivity contribution in [3.8, 4) is 0 Å². The molecule has 0 aromatic heterocycles. The van der Waals surface area contributed by atoms with Crippen molar-refractivity contribution >= 4 is 11.9 Å². The summed E-state index contributed by atoms with van der Waals surface area (Å²) in [7, 11) is 0. The fourth-order valence-corrected chi connectivity index (χ4v) is 12.2. The molecule has 0 heterocycles. The average Bonchev–Trinajstić information content (AvgIpc) is 3.59. The second kappa shape index (κ2) is 80.3. The Kier molecular flexibility index (Phi) is 77.7.